The monoisotopic (exact) mass is 213 g/mol. The summed E-state index contributed by atoms with van der Waals surface area (Å²) in [5, 5.41) is 9.19. The van der Waals surface area contributed by atoms with E-state index in [2.05, 4.69) is 25.7 Å². The Balaban J connectivity index is 2.19. The SMILES string of the molecule is CC(O)CCCN1CCC(C(C)(C)C)C1. The number of rotatable bonds is 4. The van der Waals surface area contributed by atoms with Gasteiger partial charge in [0, 0.05) is 6.54 Å². The summed E-state index contributed by atoms with van der Waals surface area (Å²) in [4.78, 5) is 2.55. The fraction of sp³-hybridized carbons (Fsp3) is 1.00. The van der Waals surface area contributed by atoms with E-state index < -0.39 is 0 Å². The third-order valence-electron chi connectivity index (χ3n) is 3.59. The fourth-order valence-corrected chi connectivity index (χ4v) is 2.35. The molecular formula is C13H27NO. The molecule has 1 saturated heterocycles. The van der Waals surface area contributed by atoms with Crippen LogP contribution in [0, 0.1) is 11.3 Å². The van der Waals surface area contributed by atoms with Crippen LogP contribution < -0.4 is 0 Å². The average Bonchev–Trinajstić information content (AvgIpc) is 2.51. The number of likely N-dealkylation sites (tertiary alicyclic amines) is 1. The Morgan fingerprint density at radius 3 is 2.53 bits per heavy atom. The summed E-state index contributed by atoms with van der Waals surface area (Å²) in [6.07, 6.45) is 3.29. The molecular weight excluding hydrogens is 186 g/mol. The highest BCUT2D eigenvalue weighted by molar-refractivity contribution is 4.83. The molecule has 2 unspecified atom stereocenters. The van der Waals surface area contributed by atoms with Crippen molar-refractivity contribution in [1.29, 1.82) is 0 Å². The molecule has 1 rings (SSSR count). The Bertz CT molecular complexity index is 183. The first kappa shape index (κ1) is 13.0. The smallest absolute Gasteiger partial charge is 0.0512 e. The Kier molecular flexibility index (Phi) is 4.60. The maximum atomic E-state index is 9.19. The summed E-state index contributed by atoms with van der Waals surface area (Å²) in [5.41, 5.74) is 0.457. The van der Waals surface area contributed by atoms with Crippen molar-refractivity contribution in [3.8, 4) is 0 Å². The number of hydrogen-bond donors (Lipinski definition) is 1. The highest BCUT2D eigenvalue weighted by Gasteiger charge is 2.31. The highest BCUT2D eigenvalue weighted by atomic mass is 16.3. The summed E-state index contributed by atoms with van der Waals surface area (Å²) in [6.45, 7) is 12.6. The van der Waals surface area contributed by atoms with E-state index >= 15 is 0 Å². The molecule has 1 aliphatic heterocycles. The summed E-state index contributed by atoms with van der Waals surface area (Å²) >= 11 is 0. The molecule has 15 heavy (non-hydrogen) atoms. The molecule has 2 heteroatoms. The minimum Gasteiger partial charge on any atom is -0.393 e. The van der Waals surface area contributed by atoms with E-state index in [0.717, 1.165) is 25.3 Å². The van der Waals surface area contributed by atoms with Crippen LogP contribution in [0.4, 0.5) is 0 Å². The first-order valence-corrected chi connectivity index (χ1v) is 6.30. The summed E-state index contributed by atoms with van der Waals surface area (Å²) in [5.74, 6) is 0.851. The van der Waals surface area contributed by atoms with Crippen LogP contribution in [-0.2, 0) is 0 Å². The summed E-state index contributed by atoms with van der Waals surface area (Å²) in [6, 6.07) is 0. The van der Waals surface area contributed by atoms with E-state index in [1.807, 2.05) is 6.92 Å². The van der Waals surface area contributed by atoms with Crippen molar-refractivity contribution in [2.75, 3.05) is 19.6 Å². The van der Waals surface area contributed by atoms with Crippen molar-refractivity contribution in [3.63, 3.8) is 0 Å². The topological polar surface area (TPSA) is 23.5 Å². The average molecular weight is 213 g/mol. The lowest BCUT2D eigenvalue weighted by atomic mass is 9.80. The normalized spacial score (nSPS) is 25.8. The highest BCUT2D eigenvalue weighted by Crippen LogP contribution is 2.33. The predicted octanol–water partition coefficient (Wildman–Crippen LogP) is 2.52. The third-order valence-corrected chi connectivity index (χ3v) is 3.59. The molecule has 1 heterocycles. The first-order valence-electron chi connectivity index (χ1n) is 6.30. The van der Waals surface area contributed by atoms with Crippen molar-refractivity contribution in [1.82, 2.24) is 4.90 Å². The molecule has 1 aliphatic rings. The standard InChI is InChI=1S/C13H27NO/c1-11(15)6-5-8-14-9-7-12(10-14)13(2,3)4/h11-12,15H,5-10H2,1-4H3. The molecule has 2 atom stereocenters. The van der Waals surface area contributed by atoms with Crippen molar-refractivity contribution in [3.05, 3.63) is 0 Å². The molecule has 0 aromatic heterocycles. The van der Waals surface area contributed by atoms with Crippen molar-refractivity contribution in [2.24, 2.45) is 11.3 Å². The van der Waals surface area contributed by atoms with Gasteiger partial charge >= 0.3 is 0 Å². The Morgan fingerprint density at radius 2 is 2.07 bits per heavy atom. The van der Waals surface area contributed by atoms with Gasteiger partial charge in [0.15, 0.2) is 0 Å². The van der Waals surface area contributed by atoms with Gasteiger partial charge in [0.1, 0.15) is 0 Å². The van der Waals surface area contributed by atoms with Crippen LogP contribution in [0.5, 0.6) is 0 Å². The second kappa shape index (κ2) is 5.31. The van der Waals surface area contributed by atoms with E-state index in [1.165, 1.54) is 19.5 Å². The van der Waals surface area contributed by atoms with E-state index in [4.69, 9.17) is 0 Å². The van der Waals surface area contributed by atoms with Gasteiger partial charge in [-0.2, -0.15) is 0 Å². The van der Waals surface area contributed by atoms with Crippen LogP contribution in [0.15, 0.2) is 0 Å². The van der Waals surface area contributed by atoms with Crippen LogP contribution in [0.25, 0.3) is 0 Å². The molecule has 0 amide bonds. The molecule has 0 aromatic rings. The van der Waals surface area contributed by atoms with Gasteiger partial charge in [0.2, 0.25) is 0 Å². The molecule has 0 saturated carbocycles. The van der Waals surface area contributed by atoms with Crippen LogP contribution in [-0.4, -0.2) is 35.7 Å². The van der Waals surface area contributed by atoms with E-state index in [-0.39, 0.29) is 6.10 Å². The molecule has 0 bridgehead atoms. The largest absolute Gasteiger partial charge is 0.393 e. The summed E-state index contributed by atoms with van der Waals surface area (Å²) in [7, 11) is 0. The Labute approximate surface area is 94.7 Å². The van der Waals surface area contributed by atoms with Gasteiger partial charge in [-0.05, 0) is 50.6 Å². The van der Waals surface area contributed by atoms with Crippen LogP contribution >= 0.6 is 0 Å². The minimum atomic E-state index is -0.133. The van der Waals surface area contributed by atoms with Gasteiger partial charge in [-0.1, -0.05) is 20.8 Å². The molecule has 2 nitrogen and oxygen atoms in total. The summed E-state index contributed by atoms with van der Waals surface area (Å²) < 4.78 is 0. The number of nitrogens with zero attached hydrogens (tertiary/aromatic N) is 1. The molecule has 0 spiro atoms. The van der Waals surface area contributed by atoms with Crippen molar-refractivity contribution >= 4 is 0 Å². The van der Waals surface area contributed by atoms with Crippen LogP contribution in [0.2, 0.25) is 0 Å². The Morgan fingerprint density at radius 1 is 1.40 bits per heavy atom. The maximum Gasteiger partial charge on any atom is 0.0512 e. The lowest BCUT2D eigenvalue weighted by Gasteiger charge is -2.27. The third kappa shape index (κ3) is 4.52. The molecule has 90 valence electrons. The van der Waals surface area contributed by atoms with Gasteiger partial charge in [0.25, 0.3) is 0 Å². The van der Waals surface area contributed by atoms with Gasteiger partial charge < -0.3 is 10.0 Å². The van der Waals surface area contributed by atoms with Crippen molar-refractivity contribution in [2.45, 2.75) is 53.1 Å². The zero-order chi connectivity index (χ0) is 11.5. The minimum absolute atomic E-state index is 0.133. The molecule has 1 fully saturated rings. The van der Waals surface area contributed by atoms with Crippen molar-refractivity contribution < 1.29 is 5.11 Å². The number of aliphatic hydroxyl groups is 1. The Hall–Kier alpha value is -0.0800. The maximum absolute atomic E-state index is 9.19. The molecule has 0 aromatic carbocycles. The second-order valence-corrected chi connectivity index (χ2v) is 6.14. The molecule has 1 N–H and O–H groups in total. The number of hydrogen-bond acceptors (Lipinski definition) is 2. The zero-order valence-corrected chi connectivity index (χ0v) is 10.8. The zero-order valence-electron chi connectivity index (χ0n) is 10.8. The van der Waals surface area contributed by atoms with Crippen LogP contribution in [0.1, 0.15) is 47.0 Å². The van der Waals surface area contributed by atoms with E-state index in [9.17, 15) is 5.11 Å². The fourth-order valence-electron chi connectivity index (χ4n) is 2.35. The molecule has 0 aliphatic carbocycles. The lowest BCUT2D eigenvalue weighted by Crippen LogP contribution is -2.27. The first-order chi connectivity index (χ1) is 6.89. The number of aliphatic hydroxyl groups excluding tert-OH is 1. The predicted molar refractivity (Wildman–Crippen MR) is 64.9 cm³/mol. The van der Waals surface area contributed by atoms with Gasteiger partial charge in [-0.15, -0.1) is 0 Å². The van der Waals surface area contributed by atoms with E-state index in [1.54, 1.807) is 0 Å². The molecule has 0 radical (unpaired) electrons. The van der Waals surface area contributed by atoms with Gasteiger partial charge in [-0.25, -0.2) is 0 Å². The lowest BCUT2D eigenvalue weighted by molar-refractivity contribution is 0.171. The second-order valence-electron chi connectivity index (χ2n) is 6.14. The van der Waals surface area contributed by atoms with Gasteiger partial charge in [-0.3, -0.25) is 0 Å². The van der Waals surface area contributed by atoms with Gasteiger partial charge in [0.05, 0.1) is 6.10 Å². The van der Waals surface area contributed by atoms with E-state index in [0.29, 0.717) is 5.41 Å². The van der Waals surface area contributed by atoms with Crippen LogP contribution in [0.3, 0.4) is 0 Å². The quantitative estimate of drug-likeness (QED) is 0.775.